The molecule has 0 saturated heterocycles. The van der Waals surface area contributed by atoms with Crippen molar-refractivity contribution in [1.82, 2.24) is 19.9 Å². The monoisotopic (exact) mass is 218 g/mol. The quantitative estimate of drug-likeness (QED) is 0.823. The third-order valence-corrected chi connectivity index (χ3v) is 2.19. The van der Waals surface area contributed by atoms with E-state index >= 15 is 0 Å². The van der Waals surface area contributed by atoms with E-state index in [1.807, 2.05) is 20.8 Å². The van der Waals surface area contributed by atoms with Gasteiger partial charge < -0.3 is 5.32 Å². The highest BCUT2D eigenvalue weighted by Gasteiger charge is 2.11. The van der Waals surface area contributed by atoms with E-state index in [1.165, 1.54) is 0 Å². The van der Waals surface area contributed by atoms with Gasteiger partial charge in [-0.1, -0.05) is 0 Å². The van der Waals surface area contributed by atoms with Gasteiger partial charge >= 0.3 is 0 Å². The average molecular weight is 218 g/mol. The Morgan fingerprint density at radius 1 is 1.50 bits per heavy atom. The van der Waals surface area contributed by atoms with Crippen LogP contribution in [0.15, 0.2) is 18.3 Å². The van der Waals surface area contributed by atoms with Crippen LogP contribution in [0.4, 0.5) is 0 Å². The zero-order chi connectivity index (χ0) is 11.7. The minimum Gasteiger partial charge on any atom is -0.349 e. The van der Waals surface area contributed by atoms with Crippen LogP contribution in [0, 0.1) is 6.92 Å². The maximum absolute atomic E-state index is 11.8. The van der Waals surface area contributed by atoms with E-state index in [2.05, 4.69) is 15.4 Å². The summed E-state index contributed by atoms with van der Waals surface area (Å²) in [6.07, 6.45) is 1.67. The molecule has 1 amide bonds. The summed E-state index contributed by atoms with van der Waals surface area (Å²) in [7, 11) is 0. The molecule has 1 N–H and O–H groups in total. The summed E-state index contributed by atoms with van der Waals surface area (Å²) in [5.41, 5.74) is 2.01. The van der Waals surface area contributed by atoms with Crippen molar-refractivity contribution in [3.8, 4) is 0 Å². The van der Waals surface area contributed by atoms with Gasteiger partial charge in [-0.3, -0.25) is 4.79 Å². The maximum Gasteiger partial charge on any atom is 0.270 e. The first-order valence-corrected chi connectivity index (χ1v) is 5.20. The topological polar surface area (TPSA) is 59.3 Å². The van der Waals surface area contributed by atoms with Gasteiger partial charge in [-0.05, 0) is 26.8 Å². The number of aromatic nitrogens is 3. The van der Waals surface area contributed by atoms with E-state index < -0.39 is 0 Å². The van der Waals surface area contributed by atoms with Crippen LogP contribution in [0.25, 0.3) is 5.65 Å². The predicted octanol–water partition coefficient (Wildman–Crippen LogP) is 1.18. The third-order valence-electron chi connectivity index (χ3n) is 2.19. The fourth-order valence-electron chi connectivity index (χ4n) is 1.52. The van der Waals surface area contributed by atoms with Gasteiger partial charge in [0.1, 0.15) is 5.69 Å². The first-order chi connectivity index (χ1) is 7.58. The molecule has 0 spiro atoms. The van der Waals surface area contributed by atoms with Crippen molar-refractivity contribution < 1.29 is 4.79 Å². The van der Waals surface area contributed by atoms with Gasteiger partial charge in [0.05, 0.1) is 6.20 Å². The van der Waals surface area contributed by atoms with Gasteiger partial charge in [-0.2, -0.15) is 5.10 Å². The molecule has 2 aromatic rings. The SMILES string of the molecule is Cc1cc(C(=O)NC(C)C)nc2ccnn12. The number of hydrogen-bond acceptors (Lipinski definition) is 3. The zero-order valence-corrected chi connectivity index (χ0v) is 9.56. The summed E-state index contributed by atoms with van der Waals surface area (Å²) in [6.45, 7) is 5.73. The highest BCUT2D eigenvalue weighted by Crippen LogP contribution is 2.06. The minimum atomic E-state index is -0.151. The smallest absolute Gasteiger partial charge is 0.270 e. The second kappa shape index (κ2) is 3.92. The fraction of sp³-hybridized carbons (Fsp3) is 0.364. The van der Waals surface area contributed by atoms with Crippen molar-refractivity contribution in [2.45, 2.75) is 26.8 Å². The van der Waals surface area contributed by atoms with E-state index in [0.29, 0.717) is 11.3 Å². The average Bonchev–Trinajstić information content (AvgIpc) is 2.64. The van der Waals surface area contributed by atoms with Crippen LogP contribution < -0.4 is 5.32 Å². The van der Waals surface area contributed by atoms with E-state index in [1.54, 1.807) is 22.8 Å². The minimum absolute atomic E-state index is 0.107. The molecule has 0 atom stereocenters. The number of nitrogens with one attached hydrogen (secondary N) is 1. The molecule has 0 bridgehead atoms. The highest BCUT2D eigenvalue weighted by molar-refractivity contribution is 5.93. The van der Waals surface area contributed by atoms with Gasteiger partial charge in [0, 0.05) is 17.8 Å². The van der Waals surface area contributed by atoms with Gasteiger partial charge in [0.25, 0.3) is 5.91 Å². The number of nitrogens with zero attached hydrogens (tertiary/aromatic N) is 3. The summed E-state index contributed by atoms with van der Waals surface area (Å²) < 4.78 is 1.70. The Morgan fingerprint density at radius 2 is 2.25 bits per heavy atom. The Bertz CT molecular complexity index is 530. The van der Waals surface area contributed by atoms with Gasteiger partial charge in [-0.25, -0.2) is 9.50 Å². The molecule has 16 heavy (non-hydrogen) atoms. The molecule has 2 heterocycles. The normalized spacial score (nSPS) is 11.0. The summed E-state index contributed by atoms with van der Waals surface area (Å²) in [5, 5.41) is 6.91. The van der Waals surface area contributed by atoms with E-state index in [-0.39, 0.29) is 11.9 Å². The lowest BCUT2D eigenvalue weighted by molar-refractivity contribution is 0.0938. The van der Waals surface area contributed by atoms with Crippen molar-refractivity contribution in [2.75, 3.05) is 0 Å². The van der Waals surface area contributed by atoms with Crippen LogP contribution in [0.3, 0.4) is 0 Å². The largest absolute Gasteiger partial charge is 0.349 e. The molecule has 0 aliphatic rings. The number of carbonyl (C=O) groups is 1. The van der Waals surface area contributed by atoms with E-state index in [9.17, 15) is 4.79 Å². The van der Waals surface area contributed by atoms with Crippen molar-refractivity contribution in [3.63, 3.8) is 0 Å². The molecule has 0 saturated carbocycles. The first kappa shape index (κ1) is 10.6. The molecule has 0 aromatic carbocycles. The summed E-state index contributed by atoms with van der Waals surface area (Å²) in [6, 6.07) is 3.62. The van der Waals surface area contributed by atoms with E-state index in [0.717, 1.165) is 5.69 Å². The molecule has 0 fully saturated rings. The second-order valence-corrected chi connectivity index (χ2v) is 4.01. The number of aryl methyl sites for hydroxylation is 1. The van der Waals surface area contributed by atoms with Crippen molar-refractivity contribution in [2.24, 2.45) is 0 Å². The lowest BCUT2D eigenvalue weighted by Gasteiger charge is -2.08. The van der Waals surface area contributed by atoms with Gasteiger partial charge in [0.2, 0.25) is 0 Å². The van der Waals surface area contributed by atoms with Gasteiger partial charge in [-0.15, -0.1) is 0 Å². The number of amides is 1. The second-order valence-electron chi connectivity index (χ2n) is 4.01. The lowest BCUT2D eigenvalue weighted by Crippen LogP contribution is -2.31. The summed E-state index contributed by atoms with van der Waals surface area (Å²) in [5.74, 6) is -0.151. The van der Waals surface area contributed by atoms with Crippen LogP contribution in [-0.2, 0) is 0 Å². The lowest BCUT2D eigenvalue weighted by atomic mass is 10.3. The molecule has 5 nitrogen and oxygen atoms in total. The maximum atomic E-state index is 11.8. The number of hydrogen-bond donors (Lipinski definition) is 1. The van der Waals surface area contributed by atoms with Crippen molar-refractivity contribution in [1.29, 1.82) is 0 Å². The molecule has 5 heteroatoms. The number of carbonyl (C=O) groups excluding carboxylic acids is 1. The Hall–Kier alpha value is -1.91. The molecule has 0 aliphatic heterocycles. The Kier molecular flexibility index (Phi) is 2.60. The fourth-order valence-corrected chi connectivity index (χ4v) is 1.52. The van der Waals surface area contributed by atoms with Crippen molar-refractivity contribution >= 4 is 11.6 Å². The predicted molar refractivity (Wildman–Crippen MR) is 60.3 cm³/mol. The molecule has 2 aromatic heterocycles. The van der Waals surface area contributed by atoms with Crippen LogP contribution in [0.2, 0.25) is 0 Å². The molecular weight excluding hydrogens is 204 g/mol. The van der Waals surface area contributed by atoms with Crippen LogP contribution in [-0.4, -0.2) is 26.5 Å². The summed E-state index contributed by atoms with van der Waals surface area (Å²) in [4.78, 5) is 16.0. The molecular formula is C11H14N4O. The number of rotatable bonds is 2. The van der Waals surface area contributed by atoms with Crippen LogP contribution in [0.1, 0.15) is 30.0 Å². The molecule has 0 radical (unpaired) electrons. The molecule has 0 unspecified atom stereocenters. The zero-order valence-electron chi connectivity index (χ0n) is 9.56. The molecule has 2 rings (SSSR count). The van der Waals surface area contributed by atoms with Crippen LogP contribution >= 0.6 is 0 Å². The van der Waals surface area contributed by atoms with Crippen molar-refractivity contribution in [3.05, 3.63) is 29.7 Å². The Labute approximate surface area is 93.5 Å². The number of fused-ring (bicyclic) bond motifs is 1. The Balaban J connectivity index is 2.41. The first-order valence-electron chi connectivity index (χ1n) is 5.20. The summed E-state index contributed by atoms with van der Waals surface area (Å²) >= 11 is 0. The standard InChI is InChI=1S/C11H14N4O/c1-7(2)13-11(16)9-6-8(3)15-10(14-9)4-5-12-15/h4-7H,1-3H3,(H,13,16). The Morgan fingerprint density at radius 3 is 2.94 bits per heavy atom. The van der Waals surface area contributed by atoms with Gasteiger partial charge in [0.15, 0.2) is 5.65 Å². The van der Waals surface area contributed by atoms with Crippen LogP contribution in [0.5, 0.6) is 0 Å². The third kappa shape index (κ3) is 1.88. The molecule has 84 valence electrons. The van der Waals surface area contributed by atoms with E-state index in [4.69, 9.17) is 0 Å². The molecule has 0 aliphatic carbocycles. The highest BCUT2D eigenvalue weighted by atomic mass is 16.1.